The highest BCUT2D eigenvalue weighted by Crippen LogP contribution is 2.28. The molecule has 0 saturated heterocycles. The number of sulfonamides is 1. The van der Waals surface area contributed by atoms with Crippen LogP contribution >= 0.6 is 23.2 Å². The van der Waals surface area contributed by atoms with Gasteiger partial charge in [0, 0.05) is 5.56 Å². The van der Waals surface area contributed by atoms with Crippen molar-refractivity contribution >= 4 is 56.5 Å². The summed E-state index contributed by atoms with van der Waals surface area (Å²) in [7, 11) is -3.85. The number of hydrogen-bond acceptors (Lipinski definition) is 5. The number of aryl methyl sites for hydroxylation is 1. The van der Waals surface area contributed by atoms with Gasteiger partial charge in [-0.25, -0.2) is 13.2 Å². The summed E-state index contributed by atoms with van der Waals surface area (Å²) >= 11 is 12.4. The molecule has 0 saturated carbocycles. The molecule has 0 heterocycles. The lowest BCUT2D eigenvalue weighted by molar-refractivity contribution is 0.0526. The van der Waals surface area contributed by atoms with Gasteiger partial charge in [-0.3, -0.25) is 9.52 Å². The number of benzene rings is 3. The molecule has 1 amide bonds. The van der Waals surface area contributed by atoms with Crippen LogP contribution in [0, 0.1) is 6.92 Å². The van der Waals surface area contributed by atoms with E-state index in [-0.39, 0.29) is 44.0 Å². The second kappa shape index (κ2) is 10.2. The Bertz CT molecular complexity index is 1310. The molecule has 3 rings (SSSR count). The number of anilines is 2. The first-order valence-electron chi connectivity index (χ1n) is 9.78. The number of ether oxygens (including phenoxy) is 1. The first kappa shape index (κ1) is 24.6. The van der Waals surface area contributed by atoms with Crippen molar-refractivity contribution in [2.24, 2.45) is 0 Å². The van der Waals surface area contributed by atoms with Gasteiger partial charge in [0.1, 0.15) is 0 Å². The van der Waals surface area contributed by atoms with Crippen LogP contribution in [0.4, 0.5) is 11.4 Å². The van der Waals surface area contributed by atoms with E-state index in [0.717, 1.165) is 5.56 Å². The molecule has 0 aliphatic heterocycles. The van der Waals surface area contributed by atoms with Crippen LogP contribution in [-0.4, -0.2) is 26.9 Å². The highest BCUT2D eigenvalue weighted by atomic mass is 35.5. The van der Waals surface area contributed by atoms with Crippen molar-refractivity contribution in [2.75, 3.05) is 16.6 Å². The number of carbonyl (C=O) groups is 2. The van der Waals surface area contributed by atoms with Crippen molar-refractivity contribution in [2.45, 2.75) is 18.7 Å². The Hall–Kier alpha value is -3.07. The average Bonchev–Trinajstić information content (AvgIpc) is 2.76. The summed E-state index contributed by atoms with van der Waals surface area (Å²) in [4.78, 5) is 24.5. The van der Waals surface area contributed by atoms with Crippen LogP contribution in [0.5, 0.6) is 0 Å². The van der Waals surface area contributed by atoms with Crippen molar-refractivity contribution < 1.29 is 22.7 Å². The van der Waals surface area contributed by atoms with Gasteiger partial charge in [0.25, 0.3) is 15.9 Å². The van der Waals surface area contributed by atoms with Gasteiger partial charge in [0.2, 0.25) is 0 Å². The SMILES string of the molecule is CCOC(=O)c1ccc(NC(=O)c2ccc(NS(=O)(=O)c3ccc(C)cc3)c(Cl)c2)c(Cl)c1. The predicted octanol–water partition coefficient (Wildman–Crippen LogP) is 5.53. The fourth-order valence-corrected chi connectivity index (χ4v) is 4.40. The summed E-state index contributed by atoms with van der Waals surface area (Å²) in [6.07, 6.45) is 0. The van der Waals surface area contributed by atoms with Crippen molar-refractivity contribution in [3.8, 4) is 0 Å². The third-order valence-corrected chi connectivity index (χ3v) is 6.54. The van der Waals surface area contributed by atoms with E-state index in [1.807, 2.05) is 6.92 Å². The van der Waals surface area contributed by atoms with Crippen LogP contribution in [0.1, 0.15) is 33.2 Å². The van der Waals surface area contributed by atoms with Crippen molar-refractivity contribution in [3.05, 3.63) is 87.4 Å². The van der Waals surface area contributed by atoms with Crippen molar-refractivity contribution in [1.82, 2.24) is 0 Å². The fourth-order valence-electron chi connectivity index (χ4n) is 2.81. The quantitative estimate of drug-likeness (QED) is 0.410. The molecule has 2 N–H and O–H groups in total. The minimum Gasteiger partial charge on any atom is -0.462 e. The fraction of sp³-hybridized carbons (Fsp3) is 0.130. The Morgan fingerprint density at radius 2 is 1.45 bits per heavy atom. The summed E-state index contributed by atoms with van der Waals surface area (Å²) in [5.74, 6) is -1.04. The second-order valence-corrected chi connectivity index (χ2v) is 9.48. The Morgan fingerprint density at radius 3 is 2.06 bits per heavy atom. The van der Waals surface area contributed by atoms with Crippen LogP contribution in [0.15, 0.2) is 65.6 Å². The summed E-state index contributed by atoms with van der Waals surface area (Å²) < 4.78 is 32.5. The molecule has 33 heavy (non-hydrogen) atoms. The maximum atomic E-state index is 12.6. The molecule has 10 heteroatoms. The van der Waals surface area contributed by atoms with Gasteiger partial charge in [-0.1, -0.05) is 40.9 Å². The zero-order valence-electron chi connectivity index (χ0n) is 17.7. The van der Waals surface area contributed by atoms with Gasteiger partial charge in [-0.2, -0.15) is 0 Å². The Morgan fingerprint density at radius 1 is 0.879 bits per heavy atom. The Labute approximate surface area is 201 Å². The van der Waals surface area contributed by atoms with Crippen molar-refractivity contribution in [3.63, 3.8) is 0 Å². The minimum atomic E-state index is -3.85. The zero-order chi connectivity index (χ0) is 24.2. The van der Waals surface area contributed by atoms with E-state index in [2.05, 4.69) is 10.0 Å². The summed E-state index contributed by atoms with van der Waals surface area (Å²) in [6.45, 7) is 3.78. The molecule has 3 aromatic carbocycles. The molecule has 3 aromatic rings. The molecule has 7 nitrogen and oxygen atoms in total. The molecule has 0 bridgehead atoms. The normalized spacial score (nSPS) is 11.0. The Balaban J connectivity index is 1.75. The van der Waals surface area contributed by atoms with E-state index in [9.17, 15) is 18.0 Å². The van der Waals surface area contributed by atoms with Gasteiger partial charge in [-0.15, -0.1) is 0 Å². The van der Waals surface area contributed by atoms with Gasteiger partial charge in [0.15, 0.2) is 0 Å². The largest absolute Gasteiger partial charge is 0.462 e. The van der Waals surface area contributed by atoms with E-state index in [4.69, 9.17) is 27.9 Å². The topological polar surface area (TPSA) is 102 Å². The van der Waals surface area contributed by atoms with Crippen LogP contribution in [0.3, 0.4) is 0 Å². The van der Waals surface area contributed by atoms with E-state index in [0.29, 0.717) is 0 Å². The predicted molar refractivity (Wildman–Crippen MR) is 129 cm³/mol. The number of amides is 1. The molecule has 0 fully saturated rings. The average molecular weight is 507 g/mol. The second-order valence-electron chi connectivity index (χ2n) is 6.98. The summed E-state index contributed by atoms with van der Waals surface area (Å²) in [5, 5.41) is 2.83. The maximum Gasteiger partial charge on any atom is 0.338 e. The molecule has 0 atom stereocenters. The molecule has 0 spiro atoms. The highest BCUT2D eigenvalue weighted by Gasteiger charge is 2.18. The number of halogens is 2. The smallest absolute Gasteiger partial charge is 0.338 e. The number of nitrogens with one attached hydrogen (secondary N) is 2. The lowest BCUT2D eigenvalue weighted by Crippen LogP contribution is -2.15. The van der Waals surface area contributed by atoms with E-state index < -0.39 is 21.9 Å². The number of hydrogen-bond donors (Lipinski definition) is 2. The zero-order valence-corrected chi connectivity index (χ0v) is 20.0. The van der Waals surface area contributed by atoms with Crippen LogP contribution in [0.25, 0.3) is 0 Å². The monoisotopic (exact) mass is 506 g/mol. The van der Waals surface area contributed by atoms with Gasteiger partial charge in [-0.05, 0) is 62.4 Å². The van der Waals surface area contributed by atoms with Gasteiger partial charge >= 0.3 is 5.97 Å². The van der Waals surface area contributed by atoms with Gasteiger partial charge in [0.05, 0.1) is 38.5 Å². The molecular weight excluding hydrogens is 487 g/mol. The molecule has 0 aromatic heterocycles. The third kappa shape index (κ3) is 6.04. The molecule has 172 valence electrons. The third-order valence-electron chi connectivity index (χ3n) is 4.54. The first-order valence-corrected chi connectivity index (χ1v) is 12.0. The molecule has 0 radical (unpaired) electrons. The van der Waals surface area contributed by atoms with Crippen LogP contribution in [-0.2, 0) is 14.8 Å². The molecule has 0 unspecified atom stereocenters. The van der Waals surface area contributed by atoms with E-state index in [1.165, 1.54) is 48.5 Å². The maximum absolute atomic E-state index is 12.6. The standard InChI is InChI=1S/C23H20Cl2N2O5S/c1-3-32-23(29)16-7-10-20(18(24)13-16)26-22(28)15-6-11-21(19(25)12-15)27-33(30,31)17-8-4-14(2)5-9-17/h4-13,27H,3H2,1-2H3,(H,26,28). The van der Waals surface area contributed by atoms with E-state index >= 15 is 0 Å². The first-order chi connectivity index (χ1) is 15.6. The van der Waals surface area contributed by atoms with E-state index in [1.54, 1.807) is 19.1 Å². The minimum absolute atomic E-state index is 0.0436. The van der Waals surface area contributed by atoms with Crippen LogP contribution < -0.4 is 10.0 Å². The lowest BCUT2D eigenvalue weighted by Gasteiger charge is -2.12. The Kier molecular flexibility index (Phi) is 7.63. The van der Waals surface area contributed by atoms with Gasteiger partial charge < -0.3 is 10.1 Å². The van der Waals surface area contributed by atoms with Crippen molar-refractivity contribution in [1.29, 1.82) is 0 Å². The number of carbonyl (C=O) groups excluding carboxylic acids is 2. The lowest BCUT2D eigenvalue weighted by atomic mass is 10.1. The van der Waals surface area contributed by atoms with Crippen LogP contribution in [0.2, 0.25) is 10.0 Å². The summed E-state index contributed by atoms with van der Waals surface area (Å²) in [5.41, 5.74) is 1.79. The molecule has 0 aliphatic carbocycles. The number of rotatable bonds is 7. The highest BCUT2D eigenvalue weighted by molar-refractivity contribution is 7.92. The molecular formula is C23H20Cl2N2O5S. The number of esters is 1. The molecule has 0 aliphatic rings. The summed E-state index contributed by atoms with van der Waals surface area (Å²) in [6, 6.07) is 14.9.